The number of rotatable bonds is 9. The maximum Gasteiger partial charge on any atom is 0.573 e. The Morgan fingerprint density at radius 2 is 1.56 bits per heavy atom. The number of carbonyl (C=O) groups is 3. The van der Waals surface area contributed by atoms with Crippen molar-refractivity contribution in [2.24, 2.45) is 5.92 Å². The van der Waals surface area contributed by atoms with E-state index in [9.17, 15) is 27.6 Å². The van der Waals surface area contributed by atoms with Crippen LogP contribution in [0.5, 0.6) is 5.75 Å². The van der Waals surface area contributed by atoms with Crippen molar-refractivity contribution < 1.29 is 37.0 Å². The molecule has 0 heterocycles. The van der Waals surface area contributed by atoms with Gasteiger partial charge in [-0.2, -0.15) is 0 Å². The van der Waals surface area contributed by atoms with Gasteiger partial charge < -0.3 is 20.1 Å². The summed E-state index contributed by atoms with van der Waals surface area (Å²) in [5, 5.41) is 7.02. The molecule has 3 rings (SSSR count). The molecule has 0 spiro atoms. The van der Waals surface area contributed by atoms with Crippen LogP contribution in [0.3, 0.4) is 0 Å². The van der Waals surface area contributed by atoms with Crippen LogP contribution in [-0.2, 0) is 25.5 Å². The molecule has 0 radical (unpaired) electrons. The molecule has 0 saturated heterocycles. The molecule has 1 atom stereocenters. The first-order valence-electron chi connectivity index (χ1n) is 11.1. The Balaban J connectivity index is 1.53. The van der Waals surface area contributed by atoms with Crippen LogP contribution in [0, 0.1) is 5.92 Å². The second kappa shape index (κ2) is 11.6. The molecular formula is C26H25F3N2O5. The predicted molar refractivity (Wildman–Crippen MR) is 127 cm³/mol. The smallest absolute Gasteiger partial charge is 0.454 e. The van der Waals surface area contributed by atoms with Gasteiger partial charge in [-0.15, -0.1) is 13.2 Å². The van der Waals surface area contributed by atoms with E-state index < -0.39 is 36.6 Å². The maximum atomic E-state index is 12.7. The van der Waals surface area contributed by atoms with E-state index in [4.69, 9.17) is 4.74 Å². The summed E-state index contributed by atoms with van der Waals surface area (Å²) in [7, 11) is 0. The van der Waals surface area contributed by atoms with E-state index in [1.165, 1.54) is 12.1 Å². The number of alkyl halides is 3. The highest BCUT2D eigenvalue weighted by Gasteiger charge is 2.31. The highest BCUT2D eigenvalue weighted by atomic mass is 19.4. The van der Waals surface area contributed by atoms with Gasteiger partial charge in [-0.3, -0.25) is 9.59 Å². The summed E-state index contributed by atoms with van der Waals surface area (Å²) in [4.78, 5) is 37.4. The van der Waals surface area contributed by atoms with E-state index >= 15 is 0 Å². The maximum absolute atomic E-state index is 12.7. The molecule has 0 unspecified atom stereocenters. The number of benzene rings is 3. The fraction of sp³-hybridized carbons (Fsp3) is 0.269. The number of anilines is 1. The van der Waals surface area contributed by atoms with Crippen LogP contribution < -0.4 is 15.4 Å². The molecule has 36 heavy (non-hydrogen) atoms. The fourth-order valence-electron chi connectivity index (χ4n) is 3.51. The molecule has 0 aliphatic heterocycles. The van der Waals surface area contributed by atoms with Gasteiger partial charge in [0, 0.05) is 5.69 Å². The largest absolute Gasteiger partial charge is 0.573 e. The lowest BCUT2D eigenvalue weighted by molar-refractivity contribution is -0.274. The number of fused-ring (bicyclic) bond motifs is 1. The van der Waals surface area contributed by atoms with E-state index in [2.05, 4.69) is 15.4 Å². The lowest BCUT2D eigenvalue weighted by Gasteiger charge is -2.21. The number of carbonyl (C=O) groups excluding carboxylic acids is 3. The summed E-state index contributed by atoms with van der Waals surface area (Å²) >= 11 is 0. The van der Waals surface area contributed by atoms with E-state index in [-0.39, 0.29) is 23.9 Å². The second-order valence-electron chi connectivity index (χ2n) is 8.33. The Kier molecular flexibility index (Phi) is 8.52. The Morgan fingerprint density at radius 1 is 0.889 bits per heavy atom. The van der Waals surface area contributed by atoms with E-state index in [1.54, 1.807) is 13.8 Å². The quantitative estimate of drug-likeness (QED) is 0.417. The Hall–Kier alpha value is -4.08. The van der Waals surface area contributed by atoms with Gasteiger partial charge in [0.1, 0.15) is 11.8 Å². The van der Waals surface area contributed by atoms with Crippen molar-refractivity contribution in [3.63, 3.8) is 0 Å². The average Bonchev–Trinajstić information content (AvgIpc) is 2.81. The zero-order valence-corrected chi connectivity index (χ0v) is 19.6. The molecule has 0 aliphatic rings. The van der Waals surface area contributed by atoms with Crippen LogP contribution in [0.2, 0.25) is 0 Å². The first-order valence-corrected chi connectivity index (χ1v) is 11.1. The minimum Gasteiger partial charge on any atom is -0.454 e. The second-order valence-corrected chi connectivity index (χ2v) is 8.33. The fourth-order valence-corrected chi connectivity index (χ4v) is 3.51. The van der Waals surface area contributed by atoms with Crippen molar-refractivity contribution >= 4 is 34.2 Å². The molecule has 2 amide bonds. The lowest BCUT2D eigenvalue weighted by atomic mass is 10.0. The molecule has 2 N–H and O–H groups in total. The Bertz CT molecular complexity index is 1220. The van der Waals surface area contributed by atoms with Crippen molar-refractivity contribution in [1.29, 1.82) is 0 Å². The first kappa shape index (κ1) is 26.5. The minimum absolute atomic E-state index is 0.0619. The summed E-state index contributed by atoms with van der Waals surface area (Å²) in [6, 6.07) is 16.8. The van der Waals surface area contributed by atoms with Crippen molar-refractivity contribution in [1.82, 2.24) is 5.32 Å². The van der Waals surface area contributed by atoms with Gasteiger partial charge in [-0.1, -0.05) is 56.3 Å². The van der Waals surface area contributed by atoms with Crippen LogP contribution in [0.4, 0.5) is 18.9 Å². The minimum atomic E-state index is -4.82. The molecular weight excluding hydrogens is 477 g/mol. The number of halogens is 3. The third-order valence-corrected chi connectivity index (χ3v) is 5.19. The molecule has 0 fully saturated rings. The third-order valence-electron chi connectivity index (χ3n) is 5.19. The van der Waals surface area contributed by atoms with Crippen molar-refractivity contribution in [2.75, 3.05) is 11.9 Å². The van der Waals surface area contributed by atoms with Gasteiger partial charge in [-0.05, 0) is 46.5 Å². The summed E-state index contributed by atoms with van der Waals surface area (Å²) in [6.45, 7) is 2.82. The predicted octanol–water partition coefficient (Wildman–Crippen LogP) is 4.60. The van der Waals surface area contributed by atoms with Crippen molar-refractivity contribution in [3.05, 3.63) is 72.3 Å². The van der Waals surface area contributed by atoms with Gasteiger partial charge in [0.15, 0.2) is 6.61 Å². The van der Waals surface area contributed by atoms with Gasteiger partial charge in [-0.25, -0.2) is 4.79 Å². The Morgan fingerprint density at radius 3 is 2.22 bits per heavy atom. The number of hydrogen-bond acceptors (Lipinski definition) is 5. The molecule has 0 aliphatic carbocycles. The molecule has 0 bridgehead atoms. The average molecular weight is 502 g/mol. The van der Waals surface area contributed by atoms with Crippen LogP contribution in [0.1, 0.15) is 19.4 Å². The van der Waals surface area contributed by atoms with Gasteiger partial charge >= 0.3 is 12.3 Å². The number of amides is 2. The third kappa shape index (κ3) is 7.72. The summed E-state index contributed by atoms with van der Waals surface area (Å²) in [6.07, 6.45) is -4.76. The summed E-state index contributed by atoms with van der Waals surface area (Å²) in [5.41, 5.74) is 1.00. The van der Waals surface area contributed by atoms with Crippen LogP contribution in [-0.4, -0.2) is 36.8 Å². The molecule has 10 heteroatoms. The highest BCUT2D eigenvalue weighted by Crippen LogP contribution is 2.24. The van der Waals surface area contributed by atoms with E-state index in [0.29, 0.717) is 0 Å². The normalized spacial score (nSPS) is 12.2. The van der Waals surface area contributed by atoms with Crippen LogP contribution in [0.15, 0.2) is 66.7 Å². The number of esters is 1. The number of nitrogens with one attached hydrogen (secondary N) is 2. The molecule has 0 saturated carbocycles. The standard InChI is InChI=1S/C26H25F3N2O5/c1-16(2)24(31-22(32)14-18-8-5-7-17-6-3-4-9-21(17)18)25(34)35-15-23(33)30-19-10-12-20(13-11-19)36-26(27,28)29/h3-13,16,24H,14-15H2,1-2H3,(H,30,33)(H,31,32)/t24-/m0/s1. The van der Waals surface area contributed by atoms with E-state index in [0.717, 1.165) is 28.5 Å². The summed E-state index contributed by atoms with van der Waals surface area (Å²) < 4.78 is 45.5. The van der Waals surface area contributed by atoms with Gasteiger partial charge in [0.2, 0.25) is 5.91 Å². The molecule has 0 aromatic heterocycles. The van der Waals surface area contributed by atoms with Crippen molar-refractivity contribution in [3.8, 4) is 5.75 Å². The van der Waals surface area contributed by atoms with Crippen molar-refractivity contribution in [2.45, 2.75) is 32.7 Å². The molecule has 7 nitrogen and oxygen atoms in total. The van der Waals surface area contributed by atoms with Crippen LogP contribution in [0.25, 0.3) is 10.8 Å². The summed E-state index contributed by atoms with van der Waals surface area (Å²) in [5.74, 6) is -2.59. The zero-order valence-electron chi connectivity index (χ0n) is 19.6. The number of ether oxygens (including phenoxy) is 2. The monoisotopic (exact) mass is 502 g/mol. The Labute approximate surface area is 205 Å². The number of hydrogen-bond donors (Lipinski definition) is 2. The van der Waals surface area contributed by atoms with Gasteiger partial charge in [0.25, 0.3) is 5.91 Å². The molecule has 190 valence electrons. The zero-order chi connectivity index (χ0) is 26.3. The topological polar surface area (TPSA) is 93.7 Å². The molecule has 3 aromatic carbocycles. The van der Waals surface area contributed by atoms with E-state index in [1.807, 2.05) is 42.5 Å². The SMILES string of the molecule is CC(C)[C@H](NC(=O)Cc1cccc2ccccc12)C(=O)OCC(=O)Nc1ccc(OC(F)(F)F)cc1. The first-order chi connectivity index (χ1) is 17.0. The lowest BCUT2D eigenvalue weighted by Crippen LogP contribution is -2.46. The van der Waals surface area contributed by atoms with Crippen LogP contribution >= 0.6 is 0 Å². The van der Waals surface area contributed by atoms with Gasteiger partial charge in [0.05, 0.1) is 6.42 Å². The highest BCUT2D eigenvalue weighted by molar-refractivity contribution is 5.94. The molecule has 3 aromatic rings.